The van der Waals surface area contributed by atoms with Crippen LogP contribution in [0.15, 0.2) is 60.7 Å². The van der Waals surface area contributed by atoms with Crippen molar-refractivity contribution in [1.29, 1.82) is 0 Å². The maximum Gasteiger partial charge on any atom is 0.397 e. The van der Waals surface area contributed by atoms with Crippen LogP contribution < -0.4 is 15.4 Å². The van der Waals surface area contributed by atoms with Gasteiger partial charge in [0, 0.05) is 5.69 Å². The molecule has 3 N–H and O–H groups in total. The molecule has 0 aliphatic rings. The van der Waals surface area contributed by atoms with Gasteiger partial charge in [-0.25, -0.2) is 4.79 Å². The molecule has 0 bridgehead atoms. The summed E-state index contributed by atoms with van der Waals surface area (Å²) in [5, 5.41) is 15.7. The van der Waals surface area contributed by atoms with Crippen molar-refractivity contribution in [3.05, 3.63) is 82.4 Å². The summed E-state index contributed by atoms with van der Waals surface area (Å²) in [5.74, 6) is -2.03. The van der Waals surface area contributed by atoms with Crippen LogP contribution in [0.4, 0.5) is 5.69 Å². The van der Waals surface area contributed by atoms with E-state index >= 15 is 0 Å². The van der Waals surface area contributed by atoms with Crippen LogP contribution in [0.5, 0.6) is 17.2 Å². The molecule has 35 heavy (non-hydrogen) atoms. The van der Waals surface area contributed by atoms with Gasteiger partial charge in [-0.3, -0.25) is 9.59 Å². The maximum atomic E-state index is 12.8. The van der Waals surface area contributed by atoms with E-state index in [4.69, 9.17) is 16.3 Å². The number of aromatic hydroxyl groups is 1. The van der Waals surface area contributed by atoms with E-state index in [0.717, 1.165) is 5.56 Å². The normalized spacial score (nSPS) is 11.3. The number of amides is 2. The first-order valence-corrected chi connectivity index (χ1v) is 11.2. The second-order valence-electron chi connectivity index (χ2n) is 7.67. The second kappa shape index (κ2) is 11.4. The molecule has 1 atom stereocenters. The first kappa shape index (κ1) is 25.6. The molecule has 0 unspecified atom stereocenters. The molecule has 9 heteroatoms. The van der Waals surface area contributed by atoms with Crippen LogP contribution in [0.2, 0.25) is 5.02 Å². The highest BCUT2D eigenvalue weighted by Crippen LogP contribution is 2.36. The van der Waals surface area contributed by atoms with Gasteiger partial charge >= 0.3 is 11.9 Å². The van der Waals surface area contributed by atoms with E-state index in [9.17, 15) is 19.5 Å². The van der Waals surface area contributed by atoms with Crippen LogP contribution in [-0.2, 0) is 14.3 Å². The summed E-state index contributed by atoms with van der Waals surface area (Å²) in [5.41, 5.74) is 1.81. The fourth-order valence-corrected chi connectivity index (χ4v) is 3.59. The fourth-order valence-electron chi connectivity index (χ4n) is 3.29. The Labute approximate surface area is 207 Å². The molecule has 0 aliphatic heterocycles. The third-order valence-corrected chi connectivity index (χ3v) is 5.31. The molecule has 8 nitrogen and oxygen atoms in total. The quantitative estimate of drug-likeness (QED) is 0.308. The lowest BCUT2D eigenvalue weighted by molar-refractivity contribution is -0.152. The minimum absolute atomic E-state index is 0.0392. The van der Waals surface area contributed by atoms with Crippen molar-refractivity contribution in [3.8, 4) is 17.2 Å². The van der Waals surface area contributed by atoms with E-state index in [0.29, 0.717) is 11.3 Å². The summed E-state index contributed by atoms with van der Waals surface area (Å²) in [6, 6.07) is 16.4. The highest BCUT2D eigenvalue weighted by Gasteiger charge is 2.19. The van der Waals surface area contributed by atoms with Gasteiger partial charge in [-0.1, -0.05) is 41.9 Å². The smallest absolute Gasteiger partial charge is 0.397 e. The number of aryl methyl sites for hydroxylation is 1. The molecular formula is C26H25ClN2O6. The molecule has 0 aliphatic carbocycles. The number of hydrogen-bond acceptors (Lipinski definition) is 6. The number of carbonyl (C=O) groups is 3. The molecule has 3 aromatic rings. The van der Waals surface area contributed by atoms with Gasteiger partial charge in [0.25, 0.3) is 5.91 Å². The number of phenolic OH excluding ortho intramolecular Hbond substituents is 1. The van der Waals surface area contributed by atoms with Crippen LogP contribution in [-0.4, -0.2) is 29.5 Å². The third-order valence-electron chi connectivity index (χ3n) is 5.03. The molecular weight excluding hydrogens is 472 g/mol. The third kappa shape index (κ3) is 6.51. The summed E-state index contributed by atoms with van der Waals surface area (Å²) in [6.45, 7) is 5.23. The van der Waals surface area contributed by atoms with E-state index in [1.54, 1.807) is 19.9 Å². The summed E-state index contributed by atoms with van der Waals surface area (Å²) >= 11 is 6.36. The van der Waals surface area contributed by atoms with Crippen molar-refractivity contribution < 1.29 is 29.0 Å². The first-order chi connectivity index (χ1) is 16.7. The molecule has 3 rings (SSSR count). The highest BCUT2D eigenvalue weighted by molar-refractivity contribution is 6.37. The average molecular weight is 497 g/mol. The Hall–Kier alpha value is -4.04. The second-order valence-corrected chi connectivity index (χ2v) is 8.07. The van der Waals surface area contributed by atoms with E-state index in [2.05, 4.69) is 15.4 Å². The molecule has 2 amide bonds. The number of hydrogen-bond donors (Lipinski definition) is 3. The summed E-state index contributed by atoms with van der Waals surface area (Å²) in [7, 11) is 0. The Morgan fingerprint density at radius 1 is 1.06 bits per heavy atom. The largest absolute Gasteiger partial charge is 0.507 e. The molecule has 0 spiro atoms. The average Bonchev–Trinajstić information content (AvgIpc) is 2.83. The van der Waals surface area contributed by atoms with Crippen LogP contribution in [0, 0.1) is 6.92 Å². The molecule has 3 aromatic carbocycles. The zero-order valence-corrected chi connectivity index (χ0v) is 20.2. The van der Waals surface area contributed by atoms with E-state index in [1.807, 2.05) is 37.3 Å². The molecule has 0 radical (unpaired) electrons. The molecule has 0 saturated heterocycles. The zero-order chi connectivity index (χ0) is 25.5. The van der Waals surface area contributed by atoms with Gasteiger partial charge in [-0.15, -0.1) is 0 Å². The monoisotopic (exact) mass is 496 g/mol. The van der Waals surface area contributed by atoms with Crippen LogP contribution in [0.3, 0.4) is 0 Å². The molecule has 0 aromatic heterocycles. The number of halogens is 1. The Morgan fingerprint density at radius 2 is 1.77 bits per heavy atom. The summed E-state index contributed by atoms with van der Waals surface area (Å²) in [6.07, 6.45) is 0. The van der Waals surface area contributed by atoms with Gasteiger partial charge in [-0.05, 0) is 62.2 Å². The van der Waals surface area contributed by atoms with Crippen molar-refractivity contribution >= 4 is 35.1 Å². The van der Waals surface area contributed by atoms with Crippen molar-refractivity contribution in [3.63, 3.8) is 0 Å². The Kier molecular flexibility index (Phi) is 8.33. The van der Waals surface area contributed by atoms with Gasteiger partial charge in [-0.2, -0.15) is 0 Å². The summed E-state index contributed by atoms with van der Waals surface area (Å²) < 4.78 is 10.6. The number of anilines is 1. The van der Waals surface area contributed by atoms with Crippen molar-refractivity contribution in [2.75, 3.05) is 11.9 Å². The number of rotatable bonds is 7. The van der Waals surface area contributed by atoms with Gasteiger partial charge in [0.05, 0.1) is 23.2 Å². The Morgan fingerprint density at radius 3 is 2.43 bits per heavy atom. The number of benzene rings is 3. The van der Waals surface area contributed by atoms with Gasteiger partial charge < -0.3 is 25.2 Å². The lowest BCUT2D eigenvalue weighted by Crippen LogP contribution is -2.26. The van der Waals surface area contributed by atoms with Crippen molar-refractivity contribution in [2.24, 2.45) is 0 Å². The SMILES string of the molecule is CCOC(=O)C(=O)Nc1cc(C)c(Oc2ccc(O)c(C(=O)N[C@H](C)c3ccccc3)c2)c(Cl)c1. The number of esters is 1. The molecule has 0 fully saturated rings. The summed E-state index contributed by atoms with van der Waals surface area (Å²) in [4.78, 5) is 36.2. The van der Waals surface area contributed by atoms with Gasteiger partial charge in [0.2, 0.25) is 0 Å². The van der Waals surface area contributed by atoms with Crippen LogP contribution in [0.1, 0.15) is 41.4 Å². The Bertz CT molecular complexity index is 1220. The van der Waals surface area contributed by atoms with E-state index < -0.39 is 17.8 Å². The van der Waals surface area contributed by atoms with Crippen LogP contribution >= 0.6 is 11.6 Å². The number of nitrogens with one attached hydrogen (secondary N) is 2. The minimum atomic E-state index is -1.00. The first-order valence-electron chi connectivity index (χ1n) is 10.8. The van der Waals surface area contributed by atoms with Gasteiger partial charge in [0.1, 0.15) is 17.2 Å². The van der Waals surface area contributed by atoms with E-state index in [1.165, 1.54) is 24.3 Å². The number of phenols is 1. The van der Waals surface area contributed by atoms with Crippen LogP contribution in [0.25, 0.3) is 0 Å². The lowest BCUT2D eigenvalue weighted by Gasteiger charge is -2.16. The number of carbonyl (C=O) groups excluding carboxylic acids is 3. The molecule has 0 saturated carbocycles. The lowest BCUT2D eigenvalue weighted by atomic mass is 10.1. The van der Waals surface area contributed by atoms with E-state index in [-0.39, 0.29) is 40.5 Å². The standard InChI is InChI=1S/C26H25ClN2O6/c1-4-34-26(33)25(32)29-18-12-15(2)23(21(27)13-18)35-19-10-11-22(30)20(14-19)24(31)28-16(3)17-8-6-5-7-9-17/h5-14,16,30H,4H2,1-3H3,(H,28,31)(H,29,32)/t16-/m1/s1. The minimum Gasteiger partial charge on any atom is -0.507 e. The van der Waals surface area contributed by atoms with Gasteiger partial charge in [0.15, 0.2) is 0 Å². The number of ether oxygens (including phenoxy) is 2. The Balaban J connectivity index is 1.77. The maximum absolute atomic E-state index is 12.8. The molecule has 0 heterocycles. The predicted molar refractivity (Wildman–Crippen MR) is 132 cm³/mol. The fraction of sp³-hybridized carbons (Fsp3) is 0.192. The zero-order valence-electron chi connectivity index (χ0n) is 19.4. The highest BCUT2D eigenvalue weighted by atomic mass is 35.5. The van der Waals surface area contributed by atoms with Crippen molar-refractivity contribution in [1.82, 2.24) is 5.32 Å². The van der Waals surface area contributed by atoms with Crippen molar-refractivity contribution in [2.45, 2.75) is 26.8 Å². The molecule has 182 valence electrons. The predicted octanol–water partition coefficient (Wildman–Crippen LogP) is 5.14. The topological polar surface area (TPSA) is 114 Å².